The molecule has 264 valence electrons. The van der Waals surface area contributed by atoms with Crippen molar-refractivity contribution < 1.29 is 27.6 Å². The number of hydrogen-bond acceptors (Lipinski definition) is 5. The van der Waals surface area contributed by atoms with Gasteiger partial charge in [0.25, 0.3) is 5.91 Å². The van der Waals surface area contributed by atoms with Crippen molar-refractivity contribution in [3.05, 3.63) is 64.3 Å². The molecule has 7 atom stereocenters. The van der Waals surface area contributed by atoms with E-state index in [2.05, 4.69) is 46.0 Å². The highest BCUT2D eigenvalue weighted by atomic mass is 19.4. The van der Waals surface area contributed by atoms with Crippen LogP contribution in [0.2, 0.25) is 0 Å². The van der Waals surface area contributed by atoms with E-state index in [4.69, 9.17) is 0 Å². The second-order valence-corrected chi connectivity index (χ2v) is 17.7. The van der Waals surface area contributed by atoms with Gasteiger partial charge in [0.1, 0.15) is 17.7 Å². The van der Waals surface area contributed by atoms with Gasteiger partial charge in [0.05, 0.1) is 11.1 Å². The van der Waals surface area contributed by atoms with E-state index >= 15 is 0 Å². The second kappa shape index (κ2) is 11.3. The third kappa shape index (κ3) is 5.13. The summed E-state index contributed by atoms with van der Waals surface area (Å²) in [4.78, 5) is 42.0. The Morgan fingerprint density at radius 1 is 0.940 bits per heavy atom. The number of Topliss-reactive ketones (excluding diaryl/α,β-unsaturated/α-hetero) is 1. The Labute approximate surface area is 292 Å². The number of fused-ring (bicyclic) bond motifs is 7. The van der Waals surface area contributed by atoms with Gasteiger partial charge in [0.15, 0.2) is 11.6 Å². The number of carbonyl (C=O) groups excluding carboxylic acids is 3. The predicted molar refractivity (Wildman–Crippen MR) is 182 cm³/mol. The van der Waals surface area contributed by atoms with Gasteiger partial charge in [-0.3, -0.25) is 14.4 Å². The molecule has 0 bridgehead atoms. The number of allylic oxidation sites excluding steroid dienone is 4. The largest absolute Gasteiger partial charge is 0.416 e. The van der Waals surface area contributed by atoms with E-state index in [9.17, 15) is 38.1 Å². The summed E-state index contributed by atoms with van der Waals surface area (Å²) < 4.78 is 39.4. The number of rotatable bonds is 3. The SMILES string of the molecule is CC1(C)CC[C@]2(NC(=O)/C(C#N)=C/c3ccc(C(F)(F)F)cc3)CC[C@]3(C)[C@H](C(=O)C=C4[C@@]5(C)C=C(C#N)C(=O)C(C)(C)[C@@H]5CC[C@]43C)[C@@H]2C1. The maximum absolute atomic E-state index is 14.8. The van der Waals surface area contributed by atoms with Gasteiger partial charge >= 0.3 is 6.18 Å². The number of benzene rings is 1. The summed E-state index contributed by atoms with van der Waals surface area (Å²) in [5.41, 5.74) is -2.73. The monoisotopic (exact) mass is 685 g/mol. The molecule has 0 radical (unpaired) electrons. The van der Waals surface area contributed by atoms with E-state index < -0.39 is 50.8 Å². The average Bonchev–Trinajstić information content (AvgIpc) is 3.03. The van der Waals surface area contributed by atoms with Gasteiger partial charge < -0.3 is 5.32 Å². The third-order valence-corrected chi connectivity index (χ3v) is 14.1. The fraction of sp³-hybridized carbons (Fsp3) is 0.585. The molecular formula is C41H46F3N3O3. The molecule has 50 heavy (non-hydrogen) atoms. The topological polar surface area (TPSA) is 111 Å². The molecule has 5 aliphatic rings. The van der Waals surface area contributed by atoms with Crippen LogP contribution in [-0.2, 0) is 20.6 Å². The molecule has 1 amide bonds. The highest BCUT2D eigenvalue weighted by Crippen LogP contribution is 2.73. The van der Waals surface area contributed by atoms with Crippen LogP contribution in [0.5, 0.6) is 0 Å². The number of halogens is 3. The molecule has 6 rings (SSSR count). The van der Waals surface area contributed by atoms with Gasteiger partial charge in [-0.1, -0.05) is 72.2 Å². The van der Waals surface area contributed by atoms with Crippen LogP contribution in [0, 0.1) is 67.5 Å². The fourth-order valence-corrected chi connectivity index (χ4v) is 11.2. The maximum Gasteiger partial charge on any atom is 0.416 e. The summed E-state index contributed by atoms with van der Waals surface area (Å²) in [7, 11) is 0. The Balaban J connectivity index is 1.40. The number of alkyl halides is 3. The van der Waals surface area contributed by atoms with Crippen molar-refractivity contribution in [2.45, 2.75) is 105 Å². The Morgan fingerprint density at radius 3 is 2.18 bits per heavy atom. The van der Waals surface area contributed by atoms with Crippen LogP contribution >= 0.6 is 0 Å². The van der Waals surface area contributed by atoms with Crippen LogP contribution in [0.15, 0.2) is 53.1 Å². The van der Waals surface area contributed by atoms with E-state index in [0.717, 1.165) is 37.0 Å². The Bertz CT molecular complexity index is 1850. The number of carbonyl (C=O) groups is 3. The van der Waals surface area contributed by atoms with E-state index in [0.29, 0.717) is 31.2 Å². The van der Waals surface area contributed by atoms with Crippen LogP contribution in [0.4, 0.5) is 13.2 Å². The number of nitriles is 2. The first kappa shape index (κ1) is 35.8. The molecule has 1 aromatic rings. The molecule has 3 saturated carbocycles. The van der Waals surface area contributed by atoms with Gasteiger partial charge in [0, 0.05) is 22.3 Å². The molecule has 0 saturated heterocycles. The maximum atomic E-state index is 14.8. The Morgan fingerprint density at radius 2 is 1.58 bits per heavy atom. The summed E-state index contributed by atoms with van der Waals surface area (Å²) in [6.45, 7) is 14.8. The zero-order valence-corrected chi connectivity index (χ0v) is 30.0. The molecule has 1 N–H and O–H groups in total. The van der Waals surface area contributed by atoms with Gasteiger partial charge in [-0.05, 0) is 103 Å². The predicted octanol–water partition coefficient (Wildman–Crippen LogP) is 8.70. The lowest BCUT2D eigenvalue weighted by Crippen LogP contribution is -2.69. The first-order valence-electron chi connectivity index (χ1n) is 17.6. The molecule has 6 nitrogen and oxygen atoms in total. The van der Waals surface area contributed by atoms with Crippen molar-refractivity contribution in [1.82, 2.24) is 5.32 Å². The average molecular weight is 686 g/mol. The molecule has 1 aromatic carbocycles. The van der Waals surface area contributed by atoms with Crippen LogP contribution in [-0.4, -0.2) is 23.0 Å². The minimum absolute atomic E-state index is 0.00490. The summed E-state index contributed by atoms with van der Waals surface area (Å²) in [5, 5.41) is 23.3. The van der Waals surface area contributed by atoms with Gasteiger partial charge in [-0.15, -0.1) is 0 Å². The fourth-order valence-electron chi connectivity index (χ4n) is 11.2. The molecule has 0 heterocycles. The van der Waals surface area contributed by atoms with Crippen LogP contribution < -0.4 is 5.32 Å². The quantitative estimate of drug-likeness (QED) is 0.253. The molecular weight excluding hydrogens is 639 g/mol. The van der Waals surface area contributed by atoms with Crippen molar-refractivity contribution in [2.24, 2.45) is 44.8 Å². The minimum Gasteiger partial charge on any atom is -0.346 e. The highest BCUT2D eigenvalue weighted by Gasteiger charge is 2.70. The highest BCUT2D eigenvalue weighted by molar-refractivity contribution is 6.05. The van der Waals surface area contributed by atoms with Crippen LogP contribution in [0.1, 0.15) is 105 Å². The molecule has 9 heteroatoms. The number of amides is 1. The summed E-state index contributed by atoms with van der Waals surface area (Å²) in [5.74, 6) is -1.43. The zero-order valence-electron chi connectivity index (χ0n) is 30.0. The molecule has 5 aliphatic carbocycles. The molecule has 0 aliphatic heterocycles. The number of ketones is 2. The van der Waals surface area contributed by atoms with E-state index in [1.807, 2.05) is 32.1 Å². The lowest BCUT2D eigenvalue weighted by molar-refractivity contribution is -0.163. The first-order valence-corrected chi connectivity index (χ1v) is 17.6. The Hall–Kier alpha value is -3.98. The standard InChI is InChI=1S/C41H46F3N3O3/c1-35(2)14-16-40(47-34(50)25(22-45)18-24-8-10-27(11-9-24)41(42,43)44)17-15-39(7)32(28(40)21-35)29(48)19-31-37(5)20-26(23-46)33(49)36(3,4)30(37)12-13-38(31,39)6/h8-11,18-20,28,30,32H,12-17,21H2,1-7H3,(H,47,50)/b25-18+/t28-,30-,32-,37-,38+,39+,40-/m0/s1. The van der Waals surface area contributed by atoms with Crippen LogP contribution in [0.3, 0.4) is 0 Å². The number of nitrogens with one attached hydrogen (secondary N) is 1. The minimum atomic E-state index is -4.50. The lowest BCUT2D eigenvalue weighted by atomic mass is 9.35. The first-order chi connectivity index (χ1) is 23.1. The van der Waals surface area contributed by atoms with Crippen molar-refractivity contribution in [1.29, 1.82) is 10.5 Å². The van der Waals surface area contributed by atoms with Crippen LogP contribution in [0.25, 0.3) is 6.08 Å². The summed E-state index contributed by atoms with van der Waals surface area (Å²) in [6.07, 6.45) is 5.41. The van der Waals surface area contributed by atoms with Crippen molar-refractivity contribution in [2.75, 3.05) is 0 Å². The summed E-state index contributed by atoms with van der Waals surface area (Å²) in [6, 6.07) is 8.43. The second-order valence-electron chi connectivity index (χ2n) is 17.7. The molecule has 0 unspecified atom stereocenters. The molecule has 0 spiro atoms. The van der Waals surface area contributed by atoms with Crippen molar-refractivity contribution >= 4 is 23.5 Å². The summed E-state index contributed by atoms with van der Waals surface area (Å²) >= 11 is 0. The molecule has 3 fully saturated rings. The van der Waals surface area contributed by atoms with Crippen molar-refractivity contribution in [3.63, 3.8) is 0 Å². The zero-order chi connectivity index (χ0) is 36.9. The third-order valence-electron chi connectivity index (χ3n) is 14.1. The molecule has 0 aromatic heterocycles. The van der Waals surface area contributed by atoms with E-state index in [1.165, 1.54) is 18.2 Å². The smallest absolute Gasteiger partial charge is 0.346 e. The lowest BCUT2D eigenvalue weighted by Gasteiger charge is -2.69. The van der Waals surface area contributed by atoms with E-state index in [1.54, 1.807) is 0 Å². The van der Waals surface area contributed by atoms with Gasteiger partial charge in [0.2, 0.25) is 0 Å². The van der Waals surface area contributed by atoms with E-state index in [-0.39, 0.29) is 40.0 Å². The Kier molecular flexibility index (Phi) is 8.07. The number of hydrogen-bond donors (Lipinski definition) is 1. The van der Waals surface area contributed by atoms with Gasteiger partial charge in [-0.2, -0.15) is 23.7 Å². The van der Waals surface area contributed by atoms with Gasteiger partial charge in [-0.25, -0.2) is 0 Å². The van der Waals surface area contributed by atoms with Crippen molar-refractivity contribution in [3.8, 4) is 12.1 Å². The normalized spacial score (nSPS) is 37.4. The number of nitrogens with zero attached hydrogens (tertiary/aromatic N) is 2.